The zero-order valence-electron chi connectivity index (χ0n) is 20.8. The van der Waals surface area contributed by atoms with Gasteiger partial charge in [0.15, 0.2) is 0 Å². The molecule has 2 amide bonds. The van der Waals surface area contributed by atoms with Crippen LogP contribution in [0.1, 0.15) is 50.7 Å². The molecule has 1 N–H and O–H groups in total. The van der Waals surface area contributed by atoms with Crippen LogP contribution in [-0.4, -0.2) is 50.0 Å². The number of hydrogen-bond donors (Lipinski definition) is 1. The minimum absolute atomic E-state index is 0.0289. The molecule has 7 nitrogen and oxygen atoms in total. The van der Waals surface area contributed by atoms with Gasteiger partial charge >= 0.3 is 0 Å². The third-order valence-corrected chi connectivity index (χ3v) is 8.26. The van der Waals surface area contributed by atoms with E-state index in [-0.39, 0.29) is 18.5 Å². The molecule has 2 aromatic rings. The number of nitrogens with zero attached hydrogens (tertiary/aromatic N) is 2. The highest BCUT2D eigenvalue weighted by Gasteiger charge is 2.32. The number of benzene rings is 2. The molecule has 1 atom stereocenters. The van der Waals surface area contributed by atoms with Gasteiger partial charge in [0.25, 0.3) is 0 Å². The Bertz CT molecular complexity index is 1200. The lowest BCUT2D eigenvalue weighted by molar-refractivity contribution is -0.139. The summed E-state index contributed by atoms with van der Waals surface area (Å²) in [5.41, 5.74) is 1.85. The van der Waals surface area contributed by atoms with Crippen LogP contribution in [0.5, 0.6) is 0 Å². The molecule has 36 heavy (non-hydrogen) atoms. The monoisotopic (exact) mass is 553 g/mol. The molecular weight excluding hydrogens is 521 g/mol. The maximum Gasteiger partial charge on any atom is 0.244 e. The fourth-order valence-electron chi connectivity index (χ4n) is 4.46. The Morgan fingerprint density at radius 3 is 2.36 bits per heavy atom. The van der Waals surface area contributed by atoms with Gasteiger partial charge in [0.1, 0.15) is 12.6 Å². The van der Waals surface area contributed by atoms with Crippen molar-refractivity contribution in [1.29, 1.82) is 0 Å². The molecule has 2 aromatic carbocycles. The van der Waals surface area contributed by atoms with E-state index in [1.54, 1.807) is 37.3 Å². The largest absolute Gasteiger partial charge is 0.352 e. The first kappa shape index (κ1) is 28.3. The summed E-state index contributed by atoms with van der Waals surface area (Å²) in [6, 6.07) is 11.3. The van der Waals surface area contributed by atoms with Gasteiger partial charge in [-0.2, -0.15) is 0 Å². The maximum atomic E-state index is 13.7. The zero-order chi connectivity index (χ0) is 26.5. The summed E-state index contributed by atoms with van der Waals surface area (Å²) in [6.07, 6.45) is 5.60. The molecule has 0 bridgehead atoms. The number of anilines is 1. The average molecular weight is 555 g/mol. The predicted octanol–water partition coefficient (Wildman–Crippen LogP) is 4.80. The molecule has 0 aromatic heterocycles. The van der Waals surface area contributed by atoms with Gasteiger partial charge in [0, 0.05) is 22.6 Å². The van der Waals surface area contributed by atoms with Crippen molar-refractivity contribution in [3.8, 4) is 0 Å². The van der Waals surface area contributed by atoms with Crippen LogP contribution in [0, 0.1) is 0 Å². The molecule has 0 saturated heterocycles. The SMILES string of the molecule is CCc1ccccc1N(CC(=O)N(Cc1ccc(Cl)cc1Cl)[C@@H](C)C(=O)NC1CCCC1)S(C)(=O)=O. The molecule has 1 aliphatic rings. The summed E-state index contributed by atoms with van der Waals surface area (Å²) in [5.74, 6) is -0.786. The van der Waals surface area contributed by atoms with Crippen LogP contribution in [-0.2, 0) is 32.6 Å². The number of aryl methyl sites for hydroxylation is 1. The van der Waals surface area contributed by atoms with Gasteiger partial charge in [-0.1, -0.05) is 67.2 Å². The highest BCUT2D eigenvalue weighted by atomic mass is 35.5. The summed E-state index contributed by atoms with van der Waals surface area (Å²) >= 11 is 12.4. The first-order valence-corrected chi connectivity index (χ1v) is 14.7. The quantitative estimate of drug-likeness (QED) is 0.457. The number of rotatable bonds is 10. The molecule has 0 spiro atoms. The van der Waals surface area contributed by atoms with Crippen molar-refractivity contribution in [2.75, 3.05) is 17.1 Å². The third kappa shape index (κ3) is 7.14. The highest BCUT2D eigenvalue weighted by molar-refractivity contribution is 7.92. The molecule has 196 valence electrons. The standard InChI is InChI=1S/C26H33Cl2N3O4S/c1-4-19-9-5-8-12-24(19)31(36(3,34)35)17-25(32)30(16-20-13-14-21(27)15-23(20)28)18(2)26(33)29-22-10-6-7-11-22/h5,8-9,12-15,18,22H,4,6-7,10-11,16-17H2,1-3H3,(H,29,33)/t18-/m0/s1. The molecule has 0 heterocycles. The molecule has 0 aliphatic heterocycles. The molecule has 10 heteroatoms. The van der Waals surface area contributed by atoms with E-state index < -0.39 is 28.5 Å². The van der Waals surface area contributed by atoms with Gasteiger partial charge in [0.05, 0.1) is 11.9 Å². The summed E-state index contributed by atoms with van der Waals surface area (Å²) in [4.78, 5) is 28.2. The van der Waals surface area contributed by atoms with Crippen LogP contribution in [0.2, 0.25) is 10.0 Å². The molecule has 0 unspecified atom stereocenters. The van der Waals surface area contributed by atoms with Crippen LogP contribution in [0.15, 0.2) is 42.5 Å². The lowest BCUT2D eigenvalue weighted by Crippen LogP contribution is -2.52. The lowest BCUT2D eigenvalue weighted by Gasteiger charge is -2.32. The van der Waals surface area contributed by atoms with E-state index in [1.165, 1.54) is 4.90 Å². The summed E-state index contributed by atoms with van der Waals surface area (Å²) in [7, 11) is -3.79. The minimum atomic E-state index is -3.79. The van der Waals surface area contributed by atoms with Crippen molar-refractivity contribution in [3.63, 3.8) is 0 Å². The number of hydrogen-bond acceptors (Lipinski definition) is 4. The molecule has 1 saturated carbocycles. The first-order valence-electron chi connectivity index (χ1n) is 12.1. The zero-order valence-corrected chi connectivity index (χ0v) is 23.2. The topological polar surface area (TPSA) is 86.8 Å². The molecule has 0 radical (unpaired) electrons. The fourth-order valence-corrected chi connectivity index (χ4v) is 5.80. The van der Waals surface area contributed by atoms with Crippen molar-refractivity contribution in [3.05, 3.63) is 63.6 Å². The minimum Gasteiger partial charge on any atom is -0.352 e. The predicted molar refractivity (Wildman–Crippen MR) is 145 cm³/mol. The fraction of sp³-hybridized carbons (Fsp3) is 0.462. The molecule has 1 fully saturated rings. The number of carbonyl (C=O) groups excluding carboxylic acids is 2. The van der Waals surface area contributed by atoms with E-state index >= 15 is 0 Å². The van der Waals surface area contributed by atoms with Crippen molar-refractivity contribution < 1.29 is 18.0 Å². The third-order valence-electron chi connectivity index (χ3n) is 6.55. The van der Waals surface area contributed by atoms with E-state index in [4.69, 9.17) is 23.2 Å². The number of halogens is 2. The van der Waals surface area contributed by atoms with E-state index in [0.29, 0.717) is 27.7 Å². The second-order valence-corrected chi connectivity index (χ2v) is 11.9. The first-order chi connectivity index (χ1) is 17.0. The molecule has 1 aliphatic carbocycles. The van der Waals surface area contributed by atoms with Gasteiger partial charge in [-0.25, -0.2) is 8.42 Å². The maximum absolute atomic E-state index is 13.7. The number of nitrogens with one attached hydrogen (secondary N) is 1. The van der Waals surface area contributed by atoms with E-state index in [1.807, 2.05) is 19.1 Å². The van der Waals surface area contributed by atoms with Gasteiger partial charge < -0.3 is 10.2 Å². The number of carbonyl (C=O) groups is 2. The number of sulfonamides is 1. The van der Waals surface area contributed by atoms with Gasteiger partial charge in [-0.05, 0) is 55.5 Å². The molecule has 3 rings (SSSR count). The second kappa shape index (κ2) is 12.3. The average Bonchev–Trinajstić information content (AvgIpc) is 3.33. The Morgan fingerprint density at radius 1 is 1.08 bits per heavy atom. The Labute approximate surface area is 223 Å². The Hall–Kier alpha value is -2.29. The van der Waals surface area contributed by atoms with Crippen molar-refractivity contribution >= 4 is 50.7 Å². The van der Waals surface area contributed by atoms with Crippen LogP contribution in [0.3, 0.4) is 0 Å². The van der Waals surface area contributed by atoms with Crippen molar-refractivity contribution in [2.24, 2.45) is 0 Å². The Balaban J connectivity index is 1.93. The van der Waals surface area contributed by atoms with E-state index in [9.17, 15) is 18.0 Å². The van der Waals surface area contributed by atoms with E-state index in [0.717, 1.165) is 41.8 Å². The van der Waals surface area contributed by atoms with Gasteiger partial charge in [0.2, 0.25) is 21.8 Å². The van der Waals surface area contributed by atoms with Crippen molar-refractivity contribution in [2.45, 2.75) is 64.6 Å². The van der Waals surface area contributed by atoms with E-state index in [2.05, 4.69) is 5.32 Å². The highest BCUT2D eigenvalue weighted by Crippen LogP contribution is 2.26. The lowest BCUT2D eigenvalue weighted by atomic mass is 10.1. The number of amides is 2. The number of para-hydroxylation sites is 1. The summed E-state index contributed by atoms with van der Waals surface area (Å²) < 4.78 is 26.7. The normalized spacial score (nSPS) is 14.9. The van der Waals surface area contributed by atoms with Gasteiger partial charge in [-0.3, -0.25) is 13.9 Å². The Morgan fingerprint density at radius 2 is 1.75 bits per heavy atom. The van der Waals surface area contributed by atoms with Crippen LogP contribution >= 0.6 is 23.2 Å². The summed E-state index contributed by atoms with van der Waals surface area (Å²) in [5, 5.41) is 3.85. The smallest absolute Gasteiger partial charge is 0.244 e. The Kier molecular flexibility index (Phi) is 9.66. The van der Waals surface area contributed by atoms with Crippen LogP contribution < -0.4 is 9.62 Å². The van der Waals surface area contributed by atoms with Gasteiger partial charge in [-0.15, -0.1) is 0 Å². The molecular formula is C26H33Cl2N3O4S. The van der Waals surface area contributed by atoms with Crippen LogP contribution in [0.25, 0.3) is 0 Å². The van der Waals surface area contributed by atoms with Crippen LogP contribution in [0.4, 0.5) is 5.69 Å². The second-order valence-electron chi connectivity index (χ2n) is 9.18. The summed E-state index contributed by atoms with van der Waals surface area (Å²) in [6.45, 7) is 3.16. The van der Waals surface area contributed by atoms with Crippen molar-refractivity contribution in [1.82, 2.24) is 10.2 Å².